The van der Waals surface area contributed by atoms with Gasteiger partial charge in [-0.2, -0.15) is 0 Å². The number of halogens is 1. The van der Waals surface area contributed by atoms with E-state index in [-0.39, 0.29) is 0 Å². The highest BCUT2D eigenvalue weighted by atomic mass is 35.5. The Labute approximate surface area is 124 Å². The quantitative estimate of drug-likeness (QED) is 0.883. The zero-order valence-corrected chi connectivity index (χ0v) is 12.5. The molecule has 2 aromatic rings. The number of rotatable bonds is 5. The molecule has 20 heavy (non-hydrogen) atoms. The summed E-state index contributed by atoms with van der Waals surface area (Å²) in [6.07, 6.45) is 4.76. The molecule has 1 aliphatic rings. The van der Waals surface area contributed by atoms with Crippen LogP contribution in [0.4, 0.5) is 5.82 Å². The Morgan fingerprint density at radius 3 is 2.85 bits per heavy atom. The largest absolute Gasteiger partial charge is 0.383 e. The van der Waals surface area contributed by atoms with Gasteiger partial charge in [-0.15, -0.1) is 0 Å². The van der Waals surface area contributed by atoms with Crippen LogP contribution in [0.1, 0.15) is 44.3 Å². The third-order valence-electron chi connectivity index (χ3n) is 3.81. The normalized spacial score (nSPS) is 14.7. The summed E-state index contributed by atoms with van der Waals surface area (Å²) in [5.41, 5.74) is 8.24. The molecule has 0 radical (unpaired) electrons. The fourth-order valence-corrected chi connectivity index (χ4v) is 2.73. The Morgan fingerprint density at radius 2 is 2.20 bits per heavy atom. The fourth-order valence-electron chi connectivity index (χ4n) is 2.54. The van der Waals surface area contributed by atoms with Gasteiger partial charge in [0, 0.05) is 23.0 Å². The average molecular weight is 290 g/mol. The number of anilines is 1. The molecule has 3 nitrogen and oxygen atoms in total. The van der Waals surface area contributed by atoms with Crippen LogP contribution in [0.2, 0.25) is 5.02 Å². The zero-order chi connectivity index (χ0) is 14.1. The maximum Gasteiger partial charge on any atom is 0.131 e. The van der Waals surface area contributed by atoms with Gasteiger partial charge >= 0.3 is 0 Å². The van der Waals surface area contributed by atoms with Gasteiger partial charge in [-0.25, -0.2) is 4.98 Å². The second kappa shape index (κ2) is 5.49. The molecular weight excluding hydrogens is 270 g/mol. The van der Waals surface area contributed by atoms with Crippen LogP contribution in [-0.4, -0.2) is 9.55 Å². The van der Waals surface area contributed by atoms with E-state index in [9.17, 15) is 0 Å². The molecule has 0 aliphatic heterocycles. The molecule has 106 valence electrons. The first kappa shape index (κ1) is 13.5. The number of nitrogen functional groups attached to an aromatic ring is 1. The van der Waals surface area contributed by atoms with Crippen LogP contribution >= 0.6 is 11.6 Å². The van der Waals surface area contributed by atoms with Gasteiger partial charge in [0.2, 0.25) is 0 Å². The average Bonchev–Trinajstić information content (AvgIpc) is 3.22. The third-order valence-corrected chi connectivity index (χ3v) is 4.05. The van der Waals surface area contributed by atoms with E-state index in [1.807, 2.05) is 24.3 Å². The highest BCUT2D eigenvalue weighted by Gasteiger charge is 2.30. The monoisotopic (exact) mass is 289 g/mol. The van der Waals surface area contributed by atoms with Crippen LogP contribution in [-0.2, 0) is 6.54 Å². The lowest BCUT2D eigenvalue weighted by atomic mass is 10.1. The predicted octanol–water partition coefficient (Wildman–Crippen LogP) is 4.46. The SMILES string of the molecule is CCCCn1c(C2CC2)nc(-c2cccc(Cl)c2)c1N. The van der Waals surface area contributed by atoms with Gasteiger partial charge in [-0.05, 0) is 31.4 Å². The molecule has 1 saturated carbocycles. The van der Waals surface area contributed by atoms with E-state index in [4.69, 9.17) is 22.3 Å². The summed E-state index contributed by atoms with van der Waals surface area (Å²) in [4.78, 5) is 4.82. The number of nitrogens with two attached hydrogens (primary N) is 1. The summed E-state index contributed by atoms with van der Waals surface area (Å²) in [5, 5.41) is 0.720. The number of aromatic nitrogens is 2. The van der Waals surface area contributed by atoms with Crippen LogP contribution in [0.3, 0.4) is 0 Å². The number of nitrogens with zero attached hydrogens (tertiary/aromatic N) is 2. The van der Waals surface area contributed by atoms with Gasteiger partial charge < -0.3 is 10.3 Å². The van der Waals surface area contributed by atoms with Crippen molar-refractivity contribution in [2.24, 2.45) is 0 Å². The summed E-state index contributed by atoms with van der Waals surface area (Å²) in [7, 11) is 0. The number of imidazole rings is 1. The minimum Gasteiger partial charge on any atom is -0.383 e. The Hall–Kier alpha value is -1.48. The molecule has 1 aromatic heterocycles. The first-order valence-electron chi connectivity index (χ1n) is 7.32. The lowest BCUT2D eigenvalue weighted by Gasteiger charge is -2.08. The van der Waals surface area contributed by atoms with E-state index in [0.717, 1.165) is 47.3 Å². The smallest absolute Gasteiger partial charge is 0.131 e. The van der Waals surface area contributed by atoms with E-state index >= 15 is 0 Å². The zero-order valence-electron chi connectivity index (χ0n) is 11.8. The van der Waals surface area contributed by atoms with Crippen LogP contribution in [0.5, 0.6) is 0 Å². The Bertz CT molecular complexity index is 614. The van der Waals surface area contributed by atoms with Crippen molar-refractivity contribution in [1.29, 1.82) is 0 Å². The predicted molar refractivity (Wildman–Crippen MR) is 84.0 cm³/mol. The minimum atomic E-state index is 0.599. The highest BCUT2D eigenvalue weighted by molar-refractivity contribution is 6.30. The maximum absolute atomic E-state index is 6.35. The summed E-state index contributed by atoms with van der Waals surface area (Å²) < 4.78 is 2.21. The fraction of sp³-hybridized carbons (Fsp3) is 0.438. The Kier molecular flexibility index (Phi) is 3.70. The number of unbranched alkanes of at least 4 members (excludes halogenated alkanes) is 1. The van der Waals surface area contributed by atoms with Crippen LogP contribution in [0.25, 0.3) is 11.3 Å². The van der Waals surface area contributed by atoms with Crippen molar-refractivity contribution in [1.82, 2.24) is 9.55 Å². The van der Waals surface area contributed by atoms with Crippen molar-refractivity contribution < 1.29 is 0 Å². The molecule has 1 aromatic carbocycles. The maximum atomic E-state index is 6.35. The van der Waals surface area contributed by atoms with Crippen molar-refractivity contribution >= 4 is 17.4 Å². The van der Waals surface area contributed by atoms with Gasteiger partial charge in [0.15, 0.2) is 0 Å². The van der Waals surface area contributed by atoms with Gasteiger partial charge in [0.1, 0.15) is 17.3 Å². The lowest BCUT2D eigenvalue weighted by Crippen LogP contribution is -2.06. The number of hydrogen-bond donors (Lipinski definition) is 1. The summed E-state index contributed by atoms with van der Waals surface area (Å²) >= 11 is 6.08. The molecule has 1 heterocycles. The molecule has 0 atom stereocenters. The van der Waals surface area contributed by atoms with Crippen LogP contribution in [0.15, 0.2) is 24.3 Å². The Morgan fingerprint density at radius 1 is 1.40 bits per heavy atom. The molecular formula is C16H20ClN3. The first-order chi connectivity index (χ1) is 9.70. The third kappa shape index (κ3) is 2.55. The molecule has 0 bridgehead atoms. The molecule has 0 saturated heterocycles. The van der Waals surface area contributed by atoms with Crippen molar-refractivity contribution in [2.75, 3.05) is 5.73 Å². The second-order valence-corrected chi connectivity index (χ2v) is 5.93. The standard InChI is InChI=1S/C16H20ClN3/c1-2-3-9-20-15(18)14(19-16(20)11-7-8-11)12-5-4-6-13(17)10-12/h4-6,10-11H,2-3,7-9,18H2,1H3. The second-order valence-electron chi connectivity index (χ2n) is 5.49. The molecule has 4 heteroatoms. The summed E-state index contributed by atoms with van der Waals surface area (Å²) in [6, 6.07) is 7.77. The van der Waals surface area contributed by atoms with Gasteiger partial charge in [-0.3, -0.25) is 0 Å². The molecule has 2 N–H and O–H groups in total. The molecule has 1 aliphatic carbocycles. The molecule has 0 unspecified atom stereocenters. The van der Waals surface area contributed by atoms with Gasteiger partial charge in [0.05, 0.1) is 0 Å². The van der Waals surface area contributed by atoms with E-state index in [1.165, 1.54) is 12.8 Å². The van der Waals surface area contributed by atoms with Crippen molar-refractivity contribution in [3.63, 3.8) is 0 Å². The van der Waals surface area contributed by atoms with Crippen molar-refractivity contribution in [2.45, 2.75) is 45.1 Å². The van der Waals surface area contributed by atoms with E-state index in [1.54, 1.807) is 0 Å². The first-order valence-corrected chi connectivity index (χ1v) is 7.70. The Balaban J connectivity index is 2.03. The molecule has 3 rings (SSSR count). The van der Waals surface area contributed by atoms with E-state index in [2.05, 4.69) is 11.5 Å². The van der Waals surface area contributed by atoms with Crippen LogP contribution < -0.4 is 5.73 Å². The van der Waals surface area contributed by atoms with Gasteiger partial charge in [0.25, 0.3) is 0 Å². The molecule has 1 fully saturated rings. The summed E-state index contributed by atoms with van der Waals surface area (Å²) in [6.45, 7) is 3.16. The highest BCUT2D eigenvalue weighted by Crippen LogP contribution is 2.42. The van der Waals surface area contributed by atoms with Gasteiger partial charge in [-0.1, -0.05) is 37.1 Å². The number of hydrogen-bond acceptors (Lipinski definition) is 2. The molecule has 0 amide bonds. The van der Waals surface area contributed by atoms with Crippen molar-refractivity contribution in [3.05, 3.63) is 35.1 Å². The van der Waals surface area contributed by atoms with E-state index < -0.39 is 0 Å². The van der Waals surface area contributed by atoms with Crippen LogP contribution in [0, 0.1) is 0 Å². The lowest BCUT2D eigenvalue weighted by molar-refractivity contribution is 0.609. The summed E-state index contributed by atoms with van der Waals surface area (Å²) in [5.74, 6) is 2.54. The number of benzene rings is 1. The minimum absolute atomic E-state index is 0.599. The topological polar surface area (TPSA) is 43.8 Å². The molecule has 0 spiro atoms. The van der Waals surface area contributed by atoms with E-state index in [0.29, 0.717) is 5.92 Å². The van der Waals surface area contributed by atoms with Crippen molar-refractivity contribution in [3.8, 4) is 11.3 Å².